The van der Waals surface area contributed by atoms with Crippen molar-refractivity contribution in [3.8, 4) is 0 Å². The van der Waals surface area contributed by atoms with Gasteiger partial charge in [0.2, 0.25) is 0 Å². The summed E-state index contributed by atoms with van der Waals surface area (Å²) in [5, 5.41) is 3.33. The Bertz CT molecular complexity index is 389. The van der Waals surface area contributed by atoms with Crippen LogP contribution in [0.2, 0.25) is 0 Å². The lowest BCUT2D eigenvalue weighted by Gasteiger charge is -2.32. The molecular weight excluding hydrogens is 248 g/mol. The Kier molecular flexibility index (Phi) is 5.62. The van der Waals surface area contributed by atoms with Gasteiger partial charge in [0.15, 0.2) is 0 Å². The van der Waals surface area contributed by atoms with Gasteiger partial charge in [-0.1, -0.05) is 26.2 Å². The largest absolute Gasteiger partial charge is 0.370 e. The summed E-state index contributed by atoms with van der Waals surface area (Å²) in [6, 6.07) is 2.74. The molecule has 112 valence electrons. The van der Waals surface area contributed by atoms with Crippen molar-refractivity contribution in [1.82, 2.24) is 9.97 Å². The molecule has 1 aromatic heterocycles. The maximum absolute atomic E-state index is 4.76. The molecule has 0 atom stereocenters. The van der Waals surface area contributed by atoms with Crippen molar-refractivity contribution >= 4 is 11.6 Å². The van der Waals surface area contributed by atoms with Gasteiger partial charge in [-0.05, 0) is 26.2 Å². The summed E-state index contributed by atoms with van der Waals surface area (Å²) in [5.74, 6) is 3.00. The first-order valence-corrected chi connectivity index (χ1v) is 8.09. The number of hydrogen-bond acceptors (Lipinski definition) is 4. The highest BCUT2D eigenvalue weighted by atomic mass is 15.2. The monoisotopic (exact) mass is 276 g/mol. The highest BCUT2D eigenvalue weighted by Crippen LogP contribution is 2.26. The molecule has 2 rings (SSSR count). The van der Waals surface area contributed by atoms with Gasteiger partial charge in [0, 0.05) is 32.1 Å². The van der Waals surface area contributed by atoms with Crippen LogP contribution in [-0.2, 0) is 6.42 Å². The third kappa shape index (κ3) is 3.84. The van der Waals surface area contributed by atoms with E-state index < -0.39 is 0 Å². The van der Waals surface area contributed by atoms with Crippen LogP contribution >= 0.6 is 0 Å². The summed E-state index contributed by atoms with van der Waals surface area (Å²) in [4.78, 5) is 11.7. The van der Waals surface area contributed by atoms with Crippen LogP contribution in [-0.4, -0.2) is 29.6 Å². The van der Waals surface area contributed by atoms with Gasteiger partial charge in [-0.15, -0.1) is 0 Å². The highest BCUT2D eigenvalue weighted by Gasteiger charge is 2.20. The molecule has 4 nitrogen and oxygen atoms in total. The van der Waals surface area contributed by atoms with E-state index in [-0.39, 0.29) is 0 Å². The zero-order chi connectivity index (χ0) is 14.4. The van der Waals surface area contributed by atoms with E-state index in [0.29, 0.717) is 6.04 Å². The van der Waals surface area contributed by atoms with Gasteiger partial charge in [-0.25, -0.2) is 9.97 Å². The number of nitrogens with one attached hydrogen (secondary N) is 1. The summed E-state index contributed by atoms with van der Waals surface area (Å²) in [5.41, 5.74) is 0. The molecule has 1 heterocycles. The SMILES string of the molecule is CCCc1nc(NCC)cc(N(C)C2CCCCC2)n1. The standard InChI is InChI=1S/C16H28N4/c1-4-9-14-18-15(17-5-2)12-16(19-14)20(3)13-10-7-6-8-11-13/h12-13H,4-11H2,1-3H3,(H,17,18,19). The summed E-state index contributed by atoms with van der Waals surface area (Å²) in [7, 11) is 2.18. The van der Waals surface area contributed by atoms with E-state index in [1.807, 2.05) is 0 Å². The molecule has 0 unspecified atom stereocenters. The lowest BCUT2D eigenvalue weighted by molar-refractivity contribution is 0.425. The fraction of sp³-hybridized carbons (Fsp3) is 0.750. The minimum absolute atomic E-state index is 0.641. The number of hydrogen-bond donors (Lipinski definition) is 1. The molecule has 4 heteroatoms. The van der Waals surface area contributed by atoms with Crippen molar-refractivity contribution in [1.29, 1.82) is 0 Å². The van der Waals surface area contributed by atoms with Crippen LogP contribution in [0.15, 0.2) is 6.07 Å². The molecule has 1 aromatic rings. The Morgan fingerprint density at radius 1 is 1.20 bits per heavy atom. The predicted molar refractivity (Wildman–Crippen MR) is 85.5 cm³/mol. The minimum atomic E-state index is 0.641. The van der Waals surface area contributed by atoms with Crippen molar-refractivity contribution < 1.29 is 0 Å². The summed E-state index contributed by atoms with van der Waals surface area (Å²) in [6.07, 6.45) is 8.70. The van der Waals surface area contributed by atoms with Crippen LogP contribution in [0.5, 0.6) is 0 Å². The van der Waals surface area contributed by atoms with E-state index in [2.05, 4.69) is 42.2 Å². The second-order valence-corrected chi connectivity index (χ2v) is 5.71. The third-order valence-corrected chi connectivity index (χ3v) is 4.07. The minimum Gasteiger partial charge on any atom is -0.370 e. The quantitative estimate of drug-likeness (QED) is 0.861. The smallest absolute Gasteiger partial charge is 0.134 e. The predicted octanol–water partition coefficient (Wildman–Crippen LogP) is 3.63. The average molecular weight is 276 g/mol. The van der Waals surface area contributed by atoms with Gasteiger partial charge in [0.05, 0.1) is 0 Å². The molecule has 0 radical (unpaired) electrons. The first kappa shape index (κ1) is 15.1. The zero-order valence-corrected chi connectivity index (χ0v) is 13.2. The molecule has 0 amide bonds. The molecule has 1 fully saturated rings. The van der Waals surface area contributed by atoms with Crippen LogP contribution in [0.4, 0.5) is 11.6 Å². The fourth-order valence-corrected chi connectivity index (χ4v) is 2.93. The van der Waals surface area contributed by atoms with Gasteiger partial charge >= 0.3 is 0 Å². The molecule has 0 aromatic carbocycles. The van der Waals surface area contributed by atoms with Crippen LogP contribution < -0.4 is 10.2 Å². The molecule has 0 aliphatic heterocycles. The van der Waals surface area contributed by atoms with Crippen molar-refractivity contribution in [3.05, 3.63) is 11.9 Å². The topological polar surface area (TPSA) is 41.1 Å². The highest BCUT2D eigenvalue weighted by molar-refractivity contribution is 5.49. The Morgan fingerprint density at radius 3 is 2.60 bits per heavy atom. The first-order chi connectivity index (χ1) is 9.74. The van der Waals surface area contributed by atoms with E-state index in [1.165, 1.54) is 32.1 Å². The van der Waals surface area contributed by atoms with E-state index in [4.69, 9.17) is 4.98 Å². The van der Waals surface area contributed by atoms with E-state index in [1.54, 1.807) is 0 Å². The Labute approximate surface area is 123 Å². The second-order valence-electron chi connectivity index (χ2n) is 5.71. The molecule has 1 saturated carbocycles. The van der Waals surface area contributed by atoms with Gasteiger partial charge in [0.1, 0.15) is 17.5 Å². The van der Waals surface area contributed by atoms with E-state index >= 15 is 0 Å². The molecule has 0 saturated heterocycles. The van der Waals surface area contributed by atoms with Crippen molar-refractivity contribution in [2.24, 2.45) is 0 Å². The maximum Gasteiger partial charge on any atom is 0.134 e. The van der Waals surface area contributed by atoms with Gasteiger partial charge in [0.25, 0.3) is 0 Å². The van der Waals surface area contributed by atoms with Gasteiger partial charge in [-0.2, -0.15) is 0 Å². The lowest BCUT2D eigenvalue weighted by atomic mass is 9.94. The maximum atomic E-state index is 4.76. The number of aryl methyl sites for hydroxylation is 1. The Balaban J connectivity index is 2.19. The van der Waals surface area contributed by atoms with E-state index in [9.17, 15) is 0 Å². The Morgan fingerprint density at radius 2 is 1.95 bits per heavy atom. The number of nitrogens with zero attached hydrogens (tertiary/aromatic N) is 3. The van der Waals surface area contributed by atoms with Crippen LogP contribution in [0.1, 0.15) is 58.2 Å². The van der Waals surface area contributed by atoms with Crippen LogP contribution in [0.25, 0.3) is 0 Å². The molecule has 1 aliphatic carbocycles. The molecule has 0 bridgehead atoms. The third-order valence-electron chi connectivity index (χ3n) is 4.07. The fourth-order valence-electron chi connectivity index (χ4n) is 2.93. The summed E-state index contributed by atoms with van der Waals surface area (Å²) in [6.45, 7) is 5.18. The van der Waals surface area contributed by atoms with Gasteiger partial charge in [-0.3, -0.25) is 0 Å². The van der Waals surface area contributed by atoms with Crippen LogP contribution in [0.3, 0.4) is 0 Å². The molecular formula is C16H28N4. The van der Waals surface area contributed by atoms with Crippen molar-refractivity contribution in [2.45, 2.75) is 64.8 Å². The number of rotatable bonds is 6. The first-order valence-electron chi connectivity index (χ1n) is 8.09. The second kappa shape index (κ2) is 7.46. The van der Waals surface area contributed by atoms with Crippen molar-refractivity contribution in [2.75, 3.05) is 23.8 Å². The van der Waals surface area contributed by atoms with Gasteiger partial charge < -0.3 is 10.2 Å². The molecule has 0 spiro atoms. The molecule has 1 N–H and O–H groups in total. The summed E-state index contributed by atoms with van der Waals surface area (Å²) < 4.78 is 0. The number of anilines is 2. The average Bonchev–Trinajstić information content (AvgIpc) is 2.48. The van der Waals surface area contributed by atoms with Crippen LogP contribution in [0, 0.1) is 0 Å². The normalized spacial score (nSPS) is 16.1. The van der Waals surface area contributed by atoms with Crippen molar-refractivity contribution in [3.63, 3.8) is 0 Å². The number of aromatic nitrogens is 2. The molecule has 1 aliphatic rings. The Hall–Kier alpha value is -1.32. The zero-order valence-electron chi connectivity index (χ0n) is 13.2. The summed E-state index contributed by atoms with van der Waals surface area (Å²) >= 11 is 0. The lowest BCUT2D eigenvalue weighted by Crippen LogP contribution is -2.34. The van der Waals surface area contributed by atoms with E-state index in [0.717, 1.165) is 36.8 Å². The molecule has 20 heavy (non-hydrogen) atoms.